The molecule has 0 unspecified atom stereocenters. The van der Waals surface area contributed by atoms with E-state index >= 15 is 0 Å². The van der Waals surface area contributed by atoms with Crippen molar-refractivity contribution in [3.63, 3.8) is 0 Å². The van der Waals surface area contributed by atoms with Gasteiger partial charge in [0.1, 0.15) is 0 Å². The van der Waals surface area contributed by atoms with Crippen LogP contribution >= 0.6 is 0 Å². The van der Waals surface area contributed by atoms with E-state index in [1.54, 1.807) is 0 Å². The lowest BCUT2D eigenvalue weighted by Gasteiger charge is -2.26. The van der Waals surface area contributed by atoms with Crippen molar-refractivity contribution in [3.8, 4) is 0 Å². The highest BCUT2D eigenvalue weighted by Gasteiger charge is 2.25. The maximum Gasteiger partial charge on any atom is 0.229 e. The molecule has 0 radical (unpaired) electrons. The number of aliphatic hydroxyl groups excluding tert-OH is 1. The summed E-state index contributed by atoms with van der Waals surface area (Å²) in [5, 5.41) is 16.0. The molecule has 0 atom stereocenters. The Morgan fingerprint density at radius 1 is 1.35 bits per heavy atom. The molecule has 2 N–H and O–H groups in total. The molecular weight excluding hydrogens is 218 g/mol. The van der Waals surface area contributed by atoms with Gasteiger partial charge >= 0.3 is 0 Å². The molecule has 2 rings (SSSR count). The molecule has 0 aliphatic heterocycles. The summed E-state index contributed by atoms with van der Waals surface area (Å²) in [5.74, 6) is 2.04. The fraction of sp³-hybridized carbons (Fsp3) is 0.833. The van der Waals surface area contributed by atoms with Crippen LogP contribution in [0.1, 0.15) is 50.2 Å². The number of aryl methyl sites for hydroxylation is 1. The zero-order chi connectivity index (χ0) is 12.1. The lowest BCUT2D eigenvalue weighted by Crippen LogP contribution is -2.34. The third-order valence-corrected chi connectivity index (χ3v) is 3.42. The summed E-state index contributed by atoms with van der Waals surface area (Å²) < 4.78 is 5.29. The highest BCUT2D eigenvalue weighted by atomic mass is 16.5. The smallest absolute Gasteiger partial charge is 0.229 e. The summed E-state index contributed by atoms with van der Waals surface area (Å²) in [5.41, 5.74) is 0. The molecule has 1 heterocycles. The van der Waals surface area contributed by atoms with Gasteiger partial charge in [-0.15, -0.1) is 0 Å². The Balaban J connectivity index is 1.82. The highest BCUT2D eigenvalue weighted by molar-refractivity contribution is 4.97. The first-order valence-corrected chi connectivity index (χ1v) is 6.50. The number of aromatic nitrogens is 2. The van der Waals surface area contributed by atoms with Gasteiger partial charge in [-0.3, -0.25) is 0 Å². The van der Waals surface area contributed by atoms with Crippen LogP contribution in [0.5, 0.6) is 0 Å². The van der Waals surface area contributed by atoms with Crippen LogP contribution in [0.4, 0.5) is 0 Å². The average molecular weight is 239 g/mol. The van der Waals surface area contributed by atoms with Crippen molar-refractivity contribution in [2.24, 2.45) is 0 Å². The van der Waals surface area contributed by atoms with Gasteiger partial charge in [0.2, 0.25) is 5.89 Å². The summed E-state index contributed by atoms with van der Waals surface area (Å²) in [6, 6.07) is 0.534. The Morgan fingerprint density at radius 3 is 2.71 bits per heavy atom. The second-order valence-corrected chi connectivity index (χ2v) is 4.63. The van der Waals surface area contributed by atoms with Crippen molar-refractivity contribution in [1.29, 1.82) is 0 Å². The largest absolute Gasteiger partial charge is 0.395 e. The molecular formula is C12H21N3O2. The number of nitrogens with one attached hydrogen (secondary N) is 1. The number of rotatable bonds is 5. The maximum atomic E-state index is 8.76. The molecule has 1 aliphatic carbocycles. The molecule has 5 nitrogen and oxygen atoms in total. The highest BCUT2D eigenvalue weighted by Crippen LogP contribution is 2.31. The lowest BCUT2D eigenvalue weighted by atomic mass is 9.86. The SMILES string of the molecule is CCc1noc(C2CCC(NCCO)CC2)n1. The number of nitrogens with zero attached hydrogens (tertiary/aromatic N) is 2. The van der Waals surface area contributed by atoms with Crippen LogP contribution in [-0.4, -0.2) is 34.4 Å². The Hall–Kier alpha value is -0.940. The predicted molar refractivity (Wildman–Crippen MR) is 63.8 cm³/mol. The molecule has 0 spiro atoms. The van der Waals surface area contributed by atoms with Gasteiger partial charge < -0.3 is 14.9 Å². The van der Waals surface area contributed by atoms with E-state index in [9.17, 15) is 0 Å². The van der Waals surface area contributed by atoms with Gasteiger partial charge in [0.25, 0.3) is 0 Å². The van der Waals surface area contributed by atoms with E-state index in [0.717, 1.165) is 43.8 Å². The molecule has 1 saturated carbocycles. The van der Waals surface area contributed by atoms with E-state index in [1.165, 1.54) is 0 Å². The van der Waals surface area contributed by atoms with Crippen molar-refractivity contribution >= 4 is 0 Å². The van der Waals surface area contributed by atoms with Gasteiger partial charge in [0, 0.05) is 24.9 Å². The standard InChI is InChI=1S/C12H21N3O2/c1-2-11-14-12(17-15-11)9-3-5-10(6-4-9)13-7-8-16/h9-10,13,16H,2-8H2,1H3. The lowest BCUT2D eigenvalue weighted by molar-refractivity contribution is 0.253. The Bertz CT molecular complexity index is 332. The topological polar surface area (TPSA) is 71.2 Å². The summed E-state index contributed by atoms with van der Waals surface area (Å²) >= 11 is 0. The minimum atomic E-state index is 0.212. The van der Waals surface area contributed by atoms with Crippen LogP contribution in [0.3, 0.4) is 0 Å². The van der Waals surface area contributed by atoms with E-state index in [-0.39, 0.29) is 6.61 Å². The third-order valence-electron chi connectivity index (χ3n) is 3.42. The molecule has 1 fully saturated rings. The molecule has 0 amide bonds. The van der Waals surface area contributed by atoms with Crippen LogP contribution in [-0.2, 0) is 6.42 Å². The van der Waals surface area contributed by atoms with Crippen LogP contribution in [0, 0.1) is 0 Å². The maximum absolute atomic E-state index is 8.76. The molecule has 5 heteroatoms. The Labute approximate surface area is 102 Å². The van der Waals surface area contributed by atoms with Gasteiger partial charge in [0.15, 0.2) is 5.82 Å². The molecule has 0 bridgehead atoms. The van der Waals surface area contributed by atoms with Gasteiger partial charge in [-0.05, 0) is 25.7 Å². The van der Waals surface area contributed by atoms with E-state index in [1.807, 2.05) is 6.92 Å². The molecule has 96 valence electrons. The normalized spacial score (nSPS) is 25.1. The van der Waals surface area contributed by atoms with Crippen LogP contribution in [0.2, 0.25) is 0 Å². The van der Waals surface area contributed by atoms with Crippen molar-refractivity contribution in [2.45, 2.75) is 51.0 Å². The fourth-order valence-electron chi connectivity index (χ4n) is 2.39. The Morgan fingerprint density at radius 2 is 2.12 bits per heavy atom. The van der Waals surface area contributed by atoms with E-state index in [0.29, 0.717) is 18.5 Å². The average Bonchev–Trinajstić information content (AvgIpc) is 2.86. The molecule has 1 aliphatic rings. The fourth-order valence-corrected chi connectivity index (χ4v) is 2.39. The first-order chi connectivity index (χ1) is 8.33. The summed E-state index contributed by atoms with van der Waals surface area (Å²) in [7, 11) is 0. The zero-order valence-electron chi connectivity index (χ0n) is 10.4. The van der Waals surface area contributed by atoms with Crippen LogP contribution < -0.4 is 5.32 Å². The summed E-state index contributed by atoms with van der Waals surface area (Å²) in [6.45, 7) is 2.93. The van der Waals surface area contributed by atoms with Crippen LogP contribution in [0.15, 0.2) is 4.52 Å². The second-order valence-electron chi connectivity index (χ2n) is 4.63. The minimum Gasteiger partial charge on any atom is -0.395 e. The van der Waals surface area contributed by atoms with Gasteiger partial charge in [-0.25, -0.2) is 0 Å². The summed E-state index contributed by atoms with van der Waals surface area (Å²) in [4.78, 5) is 4.40. The molecule has 0 saturated heterocycles. The van der Waals surface area contributed by atoms with Crippen molar-refractivity contribution in [1.82, 2.24) is 15.5 Å². The molecule has 17 heavy (non-hydrogen) atoms. The first kappa shape index (κ1) is 12.5. The zero-order valence-corrected chi connectivity index (χ0v) is 10.4. The quantitative estimate of drug-likeness (QED) is 0.809. The van der Waals surface area contributed by atoms with Crippen molar-refractivity contribution < 1.29 is 9.63 Å². The van der Waals surface area contributed by atoms with Crippen LogP contribution in [0.25, 0.3) is 0 Å². The minimum absolute atomic E-state index is 0.212. The second kappa shape index (κ2) is 6.12. The molecule has 0 aromatic carbocycles. The summed E-state index contributed by atoms with van der Waals surface area (Å²) in [6.07, 6.45) is 5.25. The van der Waals surface area contributed by atoms with E-state index in [4.69, 9.17) is 9.63 Å². The molecule has 1 aromatic heterocycles. The van der Waals surface area contributed by atoms with Gasteiger partial charge in [-0.1, -0.05) is 12.1 Å². The van der Waals surface area contributed by atoms with E-state index < -0.39 is 0 Å². The van der Waals surface area contributed by atoms with Crippen molar-refractivity contribution in [2.75, 3.05) is 13.2 Å². The van der Waals surface area contributed by atoms with Crippen molar-refractivity contribution in [3.05, 3.63) is 11.7 Å². The predicted octanol–water partition coefficient (Wildman–Crippen LogP) is 1.24. The number of hydrogen-bond acceptors (Lipinski definition) is 5. The number of hydrogen-bond donors (Lipinski definition) is 2. The van der Waals surface area contributed by atoms with E-state index in [2.05, 4.69) is 15.5 Å². The number of aliphatic hydroxyl groups is 1. The first-order valence-electron chi connectivity index (χ1n) is 6.50. The Kier molecular flexibility index (Phi) is 4.50. The molecule has 1 aromatic rings. The monoisotopic (exact) mass is 239 g/mol. The third kappa shape index (κ3) is 3.26. The van der Waals surface area contributed by atoms with Gasteiger partial charge in [0.05, 0.1) is 6.61 Å². The van der Waals surface area contributed by atoms with Gasteiger partial charge in [-0.2, -0.15) is 4.98 Å².